The number of rotatable bonds is 41. The Hall–Kier alpha value is -3.60. The highest BCUT2D eigenvalue weighted by atomic mass is 32.1. The summed E-state index contributed by atoms with van der Waals surface area (Å²) in [6.45, 7) is 14.0. The van der Waals surface area contributed by atoms with Crippen LogP contribution in [-0.2, 0) is 38.5 Å². The van der Waals surface area contributed by atoms with E-state index < -0.39 is 0 Å². The predicted molar refractivity (Wildman–Crippen MR) is 448 cm³/mol. The summed E-state index contributed by atoms with van der Waals surface area (Å²) in [5.41, 5.74) is 9.23. The average molecular weight is 1490 g/mol. The summed E-state index contributed by atoms with van der Waals surface area (Å²) in [5.74, 6) is 0. The Morgan fingerprint density at radius 1 is 0.177 bits per heavy atom. The smallest absolute Gasteiger partial charge is 0.0481 e. The third-order valence-electron chi connectivity index (χ3n) is 18.7. The summed E-state index contributed by atoms with van der Waals surface area (Å²) in [4.78, 5) is 31.6. The van der Waals surface area contributed by atoms with Crippen LogP contribution in [0, 0.1) is 0 Å². The molecule has 0 atom stereocenters. The lowest BCUT2D eigenvalue weighted by Crippen LogP contribution is -1.85. The molecule has 0 bridgehead atoms. The van der Waals surface area contributed by atoms with Crippen LogP contribution in [0.3, 0.4) is 0 Å². The molecule has 0 aromatic carbocycles. The van der Waals surface area contributed by atoms with Gasteiger partial charge in [0.1, 0.15) is 0 Å². The molecule has 0 saturated carbocycles. The Morgan fingerprint density at radius 2 is 0.375 bits per heavy atom. The first-order valence-electron chi connectivity index (χ1n) is 36.6. The first-order valence-corrected chi connectivity index (χ1v) is 46.5. The van der Waals surface area contributed by atoms with Gasteiger partial charge in [-0.1, -0.05) is 157 Å². The van der Waals surface area contributed by atoms with Gasteiger partial charge < -0.3 is 0 Å². The Morgan fingerprint density at radius 3 is 0.594 bits per heavy atom. The fourth-order valence-corrected chi connectivity index (χ4v) is 27.4. The lowest BCUT2D eigenvalue weighted by atomic mass is 10.0. The van der Waals surface area contributed by atoms with Crippen LogP contribution in [-0.4, -0.2) is 0 Å². The quantitative estimate of drug-likeness (QED) is 0.0335. The van der Waals surface area contributed by atoms with Gasteiger partial charge in [-0.05, 0) is 230 Å². The molecule has 506 valence electrons. The van der Waals surface area contributed by atoms with Crippen molar-refractivity contribution in [3.63, 3.8) is 0 Å². The lowest BCUT2D eigenvalue weighted by molar-refractivity contribution is 0.668. The summed E-state index contributed by atoms with van der Waals surface area (Å²) < 4.78 is 0. The zero-order valence-corrected chi connectivity index (χ0v) is 67.5. The second-order valence-electron chi connectivity index (χ2n) is 26.3. The maximum Gasteiger partial charge on any atom is 0.0481 e. The molecular weight excluding hydrogens is 1390 g/mol. The molecule has 0 aliphatic heterocycles. The fraction of sp³-hybridized carbons (Fsp3) is 0.429. The summed E-state index contributed by atoms with van der Waals surface area (Å²) in [6, 6.07) is 44.2. The largest absolute Gasteiger partial charge is 0.143 e. The number of thiophene rings is 12. The molecule has 0 aliphatic carbocycles. The summed E-state index contributed by atoms with van der Waals surface area (Å²) in [6.07, 6.45) is 37.9. The van der Waals surface area contributed by atoms with Gasteiger partial charge in [0, 0.05) is 107 Å². The Balaban J connectivity index is 0.806. The molecular formula is C84H98S12. The first kappa shape index (κ1) is 72.2. The van der Waals surface area contributed by atoms with Crippen molar-refractivity contribution in [3.8, 4) is 107 Å². The van der Waals surface area contributed by atoms with Crippen molar-refractivity contribution in [3.05, 3.63) is 153 Å². The second kappa shape index (κ2) is 36.8. The van der Waals surface area contributed by atoms with E-state index in [0.717, 1.165) is 25.7 Å². The van der Waals surface area contributed by atoms with Crippen molar-refractivity contribution >= 4 is 136 Å². The third kappa shape index (κ3) is 18.4. The zero-order chi connectivity index (χ0) is 66.0. The zero-order valence-electron chi connectivity index (χ0n) is 57.7. The second-order valence-corrected chi connectivity index (χ2v) is 38.8. The van der Waals surface area contributed by atoms with Crippen molar-refractivity contribution < 1.29 is 0 Å². The van der Waals surface area contributed by atoms with Crippen molar-refractivity contribution in [2.75, 3.05) is 0 Å². The van der Waals surface area contributed by atoms with Crippen molar-refractivity contribution in [1.29, 1.82) is 0 Å². The van der Waals surface area contributed by atoms with Gasteiger partial charge in [-0.25, -0.2) is 0 Å². The number of aryl methyl sites for hydroxylation is 6. The molecule has 12 heteroatoms. The van der Waals surface area contributed by atoms with Crippen LogP contribution in [0.4, 0.5) is 0 Å². The van der Waals surface area contributed by atoms with Gasteiger partial charge >= 0.3 is 0 Å². The van der Waals surface area contributed by atoms with Crippen LogP contribution in [0.25, 0.3) is 107 Å². The Bertz CT molecular complexity index is 4000. The van der Waals surface area contributed by atoms with Gasteiger partial charge in [-0.2, -0.15) is 0 Å². The van der Waals surface area contributed by atoms with E-state index in [9.17, 15) is 0 Å². The minimum atomic E-state index is 1.14. The highest BCUT2D eigenvalue weighted by Gasteiger charge is 2.24. The van der Waals surface area contributed by atoms with Gasteiger partial charge in [0.05, 0.1) is 0 Å². The number of hydrogen-bond acceptors (Lipinski definition) is 12. The molecule has 12 rings (SSSR count). The molecule has 0 saturated heterocycles. The van der Waals surface area contributed by atoms with Gasteiger partial charge in [0.15, 0.2) is 0 Å². The maximum atomic E-state index is 2.61. The van der Waals surface area contributed by atoms with Crippen molar-refractivity contribution in [1.82, 2.24) is 0 Å². The van der Waals surface area contributed by atoms with Gasteiger partial charge in [0.25, 0.3) is 0 Å². The first-order chi connectivity index (χ1) is 47.3. The predicted octanol–water partition coefficient (Wildman–Crippen LogP) is 33.5. The Kier molecular flexibility index (Phi) is 27.7. The topological polar surface area (TPSA) is 0 Å². The highest BCUT2D eigenvalue weighted by Crippen LogP contribution is 2.53. The Labute approximate surface area is 624 Å². The molecule has 12 aromatic rings. The number of hydrogen-bond donors (Lipinski definition) is 0. The standard InChI is InChI=1S/C84H98S12/c1-7-13-19-25-31-57-49-51-85-79(57)69-43-37-63(87-69)65-39-45-71(89-65)81-59(33-27-21-15-9-3)53-75(93-81)77-55-61(35-29-23-17-11-5)83(95-77)73-47-41-67(91-73)68-42-48-74(92-68)84-62(36-30-24-18-12-6)56-78(96-84)76-54-60(34-28-22-16-10-4)82(94-76)72-46-40-66(90-72)64-38-44-70(88-64)80-58(50-52-86-80)32-26-20-14-8-2/h37-56H,7-36H2,1-6H3. The molecule has 0 nitrogen and oxygen atoms in total. The third-order valence-corrected chi connectivity index (χ3v) is 33.9. The van der Waals surface area contributed by atoms with Crippen LogP contribution >= 0.6 is 136 Å². The summed E-state index contributed by atoms with van der Waals surface area (Å²) in [7, 11) is 0. The van der Waals surface area contributed by atoms with E-state index in [2.05, 4.69) is 207 Å². The molecule has 12 heterocycles. The summed E-state index contributed by atoms with van der Waals surface area (Å²) >= 11 is 24.1. The molecule has 0 unspecified atom stereocenters. The fourth-order valence-electron chi connectivity index (χ4n) is 13.3. The molecule has 0 aliphatic rings. The van der Waals surface area contributed by atoms with E-state index in [0.29, 0.717) is 0 Å². The van der Waals surface area contributed by atoms with Crippen molar-refractivity contribution in [2.24, 2.45) is 0 Å². The van der Waals surface area contributed by atoms with Crippen LogP contribution in [0.5, 0.6) is 0 Å². The van der Waals surface area contributed by atoms with Crippen LogP contribution in [0.2, 0.25) is 0 Å². The average Bonchev–Trinajstić information content (AvgIpc) is 1.64. The van der Waals surface area contributed by atoms with Crippen LogP contribution in [0.15, 0.2) is 120 Å². The van der Waals surface area contributed by atoms with Gasteiger partial charge in [-0.3, -0.25) is 0 Å². The van der Waals surface area contributed by atoms with E-state index in [1.54, 1.807) is 22.3 Å². The molecule has 96 heavy (non-hydrogen) atoms. The molecule has 12 aromatic heterocycles. The van der Waals surface area contributed by atoms with E-state index in [-0.39, 0.29) is 0 Å². The van der Waals surface area contributed by atoms with E-state index in [1.807, 2.05) is 90.7 Å². The minimum Gasteiger partial charge on any atom is -0.143 e. The van der Waals surface area contributed by atoms with E-state index >= 15 is 0 Å². The SMILES string of the molecule is CCCCCCc1ccsc1-c1ccc(-c2ccc(-c3sc(-c4cc(CCCCCC)c(-c5ccc(-c6ccc(-c7sc(-c8cc(CCCCCC)c(-c9ccc(-c%10ccc(-c%11sccc%11CCCCCC)s%10)s9)s8)cc7CCCCCC)s6)s5)s4)cc3CCCCCC)s2)s1. The van der Waals surface area contributed by atoms with E-state index in [1.165, 1.54) is 285 Å². The molecule has 0 radical (unpaired) electrons. The molecule has 0 amide bonds. The van der Waals surface area contributed by atoms with Crippen LogP contribution in [0.1, 0.15) is 229 Å². The maximum absolute atomic E-state index is 2.61. The normalized spacial score (nSPS) is 11.9. The van der Waals surface area contributed by atoms with Gasteiger partial charge in [0.2, 0.25) is 0 Å². The minimum absolute atomic E-state index is 1.14. The van der Waals surface area contributed by atoms with Crippen molar-refractivity contribution in [2.45, 2.75) is 234 Å². The molecule has 0 fully saturated rings. The van der Waals surface area contributed by atoms with Gasteiger partial charge in [-0.15, -0.1) is 136 Å². The molecule has 0 N–H and O–H groups in total. The van der Waals surface area contributed by atoms with Crippen LogP contribution < -0.4 is 0 Å². The molecule has 0 spiro atoms. The monoisotopic (exact) mass is 1490 g/mol. The number of unbranched alkanes of at least 4 members (excludes halogenated alkanes) is 18. The lowest BCUT2D eigenvalue weighted by Gasteiger charge is -2.02. The summed E-state index contributed by atoms with van der Waals surface area (Å²) in [5, 5.41) is 4.61. The highest BCUT2D eigenvalue weighted by molar-refractivity contribution is 7.33. The van der Waals surface area contributed by atoms with E-state index in [4.69, 9.17) is 0 Å².